The van der Waals surface area contributed by atoms with E-state index in [9.17, 15) is 5.26 Å². The minimum Gasteiger partial charge on any atom is -0.309 e. The van der Waals surface area contributed by atoms with Gasteiger partial charge in [-0.05, 0) is 117 Å². The van der Waals surface area contributed by atoms with Crippen LogP contribution < -0.4 is 0 Å². The van der Waals surface area contributed by atoms with Crippen molar-refractivity contribution in [2.75, 3.05) is 0 Å². The molecule has 0 unspecified atom stereocenters. The molecule has 1 aliphatic heterocycles. The van der Waals surface area contributed by atoms with Crippen molar-refractivity contribution in [3.05, 3.63) is 228 Å². The number of hydrogen-bond acceptors (Lipinski definition) is 3. The zero-order valence-electron chi connectivity index (χ0n) is 32.8. The minimum absolute atomic E-state index is 0.442. The number of nitriles is 1. The number of aromatic nitrogens is 2. The highest BCUT2D eigenvalue weighted by atomic mass is 32.2. The fraction of sp³-hybridized carbons (Fsp3) is 0.0175. The molecule has 1 aliphatic carbocycles. The van der Waals surface area contributed by atoms with Crippen LogP contribution in [0.25, 0.3) is 82.7 Å². The van der Waals surface area contributed by atoms with E-state index in [1.165, 1.54) is 48.6 Å². The van der Waals surface area contributed by atoms with Crippen LogP contribution in [0.5, 0.6) is 0 Å². The fourth-order valence-electron chi connectivity index (χ4n) is 10.5. The first-order chi connectivity index (χ1) is 30.2. The number of nitrogens with zero attached hydrogens (tertiary/aromatic N) is 3. The Morgan fingerprint density at radius 3 is 1.80 bits per heavy atom. The van der Waals surface area contributed by atoms with Crippen LogP contribution in [0.3, 0.4) is 0 Å². The van der Waals surface area contributed by atoms with Crippen LogP contribution in [0.4, 0.5) is 0 Å². The van der Waals surface area contributed by atoms with Crippen LogP contribution in [0.15, 0.2) is 210 Å². The second-order valence-corrected chi connectivity index (χ2v) is 17.2. The van der Waals surface area contributed by atoms with Gasteiger partial charge in [-0.15, -0.1) is 0 Å². The van der Waals surface area contributed by atoms with Crippen LogP contribution >= 0.6 is 11.8 Å². The van der Waals surface area contributed by atoms with E-state index in [2.05, 4.69) is 199 Å². The summed E-state index contributed by atoms with van der Waals surface area (Å²) >= 11 is 1.88. The van der Waals surface area contributed by atoms with Gasteiger partial charge in [0.1, 0.15) is 0 Å². The van der Waals surface area contributed by atoms with Gasteiger partial charge in [0.25, 0.3) is 0 Å². The Labute approximate surface area is 356 Å². The molecule has 0 radical (unpaired) electrons. The molecule has 3 nitrogen and oxygen atoms in total. The van der Waals surface area contributed by atoms with Crippen molar-refractivity contribution in [2.45, 2.75) is 15.2 Å². The monoisotopic (exact) mass is 791 g/mol. The van der Waals surface area contributed by atoms with Crippen molar-refractivity contribution >= 4 is 55.2 Å². The molecule has 0 N–H and O–H groups in total. The fourth-order valence-corrected chi connectivity index (χ4v) is 11.7. The van der Waals surface area contributed by atoms with Crippen LogP contribution in [0, 0.1) is 11.3 Å². The summed E-state index contributed by atoms with van der Waals surface area (Å²) in [6.07, 6.45) is 0. The third-order valence-corrected chi connectivity index (χ3v) is 14.2. The molecule has 0 saturated heterocycles. The summed E-state index contributed by atoms with van der Waals surface area (Å²) in [4.78, 5) is 8.02. The lowest BCUT2D eigenvalue weighted by Gasteiger charge is -2.39. The van der Waals surface area contributed by atoms with Crippen molar-refractivity contribution in [1.29, 1.82) is 5.26 Å². The maximum Gasteiger partial charge on any atom is 0.0991 e. The molecule has 2 aromatic heterocycles. The first kappa shape index (κ1) is 34.2. The summed E-state index contributed by atoms with van der Waals surface area (Å²) in [7, 11) is 0. The number of pyridine rings is 1. The van der Waals surface area contributed by atoms with E-state index < -0.39 is 5.41 Å². The van der Waals surface area contributed by atoms with E-state index in [1.54, 1.807) is 0 Å². The first-order valence-electron chi connectivity index (χ1n) is 20.7. The molecule has 2 aliphatic rings. The third kappa shape index (κ3) is 4.78. The van der Waals surface area contributed by atoms with E-state index in [0.29, 0.717) is 5.56 Å². The first-order valence-corrected chi connectivity index (χ1v) is 21.5. The van der Waals surface area contributed by atoms with Crippen molar-refractivity contribution in [3.63, 3.8) is 0 Å². The maximum atomic E-state index is 9.61. The summed E-state index contributed by atoms with van der Waals surface area (Å²) in [6.45, 7) is 0. The van der Waals surface area contributed by atoms with E-state index in [1.807, 2.05) is 23.9 Å². The number of benzene rings is 9. The molecule has 13 rings (SSSR count). The molecule has 0 atom stereocenters. The second-order valence-electron chi connectivity index (χ2n) is 16.1. The molecule has 4 heteroatoms. The van der Waals surface area contributed by atoms with Crippen LogP contribution in [-0.4, -0.2) is 9.55 Å². The highest BCUT2D eigenvalue weighted by Crippen LogP contribution is 2.62. The van der Waals surface area contributed by atoms with Crippen LogP contribution in [0.1, 0.15) is 27.8 Å². The van der Waals surface area contributed by atoms with Crippen LogP contribution in [-0.2, 0) is 5.41 Å². The molecule has 0 fully saturated rings. The lowest BCUT2D eigenvalue weighted by atomic mass is 9.67. The molecular formula is C57H33N3S. The Hall–Kier alpha value is -7.71. The van der Waals surface area contributed by atoms with E-state index in [0.717, 1.165) is 66.2 Å². The number of rotatable bonds is 3. The zero-order valence-corrected chi connectivity index (χ0v) is 33.6. The molecule has 0 bridgehead atoms. The molecule has 61 heavy (non-hydrogen) atoms. The number of hydrogen-bond donors (Lipinski definition) is 0. The topological polar surface area (TPSA) is 41.6 Å². The predicted molar refractivity (Wildman–Crippen MR) is 251 cm³/mol. The molecule has 0 amide bonds. The van der Waals surface area contributed by atoms with E-state index in [4.69, 9.17) is 4.98 Å². The Bertz CT molecular complexity index is 3640. The average molecular weight is 792 g/mol. The van der Waals surface area contributed by atoms with Gasteiger partial charge in [0, 0.05) is 42.6 Å². The van der Waals surface area contributed by atoms with Gasteiger partial charge in [0.15, 0.2) is 0 Å². The van der Waals surface area contributed by atoms with Gasteiger partial charge in [-0.2, -0.15) is 5.26 Å². The Morgan fingerprint density at radius 1 is 0.443 bits per heavy atom. The molecule has 3 heterocycles. The average Bonchev–Trinajstić information content (AvgIpc) is 3.81. The molecule has 1 spiro atoms. The van der Waals surface area contributed by atoms with Crippen molar-refractivity contribution in [2.24, 2.45) is 0 Å². The predicted octanol–water partition coefficient (Wildman–Crippen LogP) is 14.5. The molecule has 0 saturated carbocycles. The highest BCUT2D eigenvalue weighted by molar-refractivity contribution is 7.99. The van der Waals surface area contributed by atoms with Crippen molar-refractivity contribution in [1.82, 2.24) is 9.55 Å². The normalized spacial score (nSPS) is 13.3. The Kier molecular flexibility index (Phi) is 7.22. The standard InChI is InChI=1S/C57H33N3S/c58-34-35-21-30-53-45(31-35)42-13-3-8-18-52(42)60(53)39-28-26-37(27-29-39)36-22-24-38(25-23-36)56-46-32-44-40-11-1-4-14-47(40)57(50(44)33-43(46)41-12-2-7-17-51(41)59-56)48-15-5-9-19-54(48)61-55-20-10-6-16-49(55)57/h1-33H. The summed E-state index contributed by atoms with van der Waals surface area (Å²) < 4.78 is 2.29. The quantitative estimate of drug-likeness (QED) is 0.167. The summed E-state index contributed by atoms with van der Waals surface area (Å²) in [6, 6.07) is 74.9. The second kappa shape index (κ2) is 12.9. The smallest absolute Gasteiger partial charge is 0.0991 e. The SMILES string of the molecule is N#Cc1ccc2c(c1)c1ccccc1n2-c1ccc(-c2ccc(-c3nc4ccccc4c4cc5c(cc34)-c3ccccc3C53c4ccccc4Sc4ccccc43)cc2)cc1. The van der Waals surface area contributed by atoms with Gasteiger partial charge < -0.3 is 4.57 Å². The van der Waals surface area contributed by atoms with Gasteiger partial charge in [0.2, 0.25) is 0 Å². The largest absolute Gasteiger partial charge is 0.309 e. The van der Waals surface area contributed by atoms with Gasteiger partial charge in [-0.25, -0.2) is 4.98 Å². The summed E-state index contributed by atoms with van der Waals surface area (Å²) in [5.41, 5.74) is 16.8. The van der Waals surface area contributed by atoms with Gasteiger partial charge in [-0.1, -0.05) is 145 Å². The lowest BCUT2D eigenvalue weighted by molar-refractivity contribution is 0.723. The third-order valence-electron chi connectivity index (χ3n) is 13.1. The lowest BCUT2D eigenvalue weighted by Crippen LogP contribution is -2.31. The summed E-state index contributed by atoms with van der Waals surface area (Å²) in [5.74, 6) is 0. The van der Waals surface area contributed by atoms with E-state index >= 15 is 0 Å². The molecule has 282 valence electrons. The molecular weight excluding hydrogens is 759 g/mol. The minimum atomic E-state index is -0.442. The van der Waals surface area contributed by atoms with Crippen molar-refractivity contribution < 1.29 is 0 Å². The number of para-hydroxylation sites is 2. The summed E-state index contributed by atoms with van der Waals surface area (Å²) in [5, 5.41) is 15.4. The van der Waals surface area contributed by atoms with Gasteiger partial charge in [0.05, 0.1) is 39.3 Å². The van der Waals surface area contributed by atoms with Gasteiger partial charge in [-0.3, -0.25) is 0 Å². The molecule has 9 aromatic carbocycles. The highest BCUT2D eigenvalue weighted by Gasteiger charge is 2.50. The van der Waals surface area contributed by atoms with Gasteiger partial charge >= 0.3 is 0 Å². The Balaban J connectivity index is 0.956. The Morgan fingerprint density at radius 2 is 1.05 bits per heavy atom. The maximum absolute atomic E-state index is 9.61. The van der Waals surface area contributed by atoms with Crippen molar-refractivity contribution in [3.8, 4) is 45.3 Å². The van der Waals surface area contributed by atoms with Crippen LogP contribution in [0.2, 0.25) is 0 Å². The van der Waals surface area contributed by atoms with E-state index in [-0.39, 0.29) is 0 Å². The molecule has 11 aromatic rings. The zero-order chi connectivity index (χ0) is 40.2. The number of fused-ring (bicyclic) bond motifs is 15.